The molecule has 0 aliphatic carbocycles. The molecular weight excluding hydrogens is 324 g/mol. The zero-order valence-electron chi connectivity index (χ0n) is 15.7. The summed E-state index contributed by atoms with van der Waals surface area (Å²) < 4.78 is 0. The van der Waals surface area contributed by atoms with E-state index in [4.69, 9.17) is 0 Å². The van der Waals surface area contributed by atoms with Crippen molar-refractivity contribution in [3.05, 3.63) is 54.2 Å². The number of anilines is 2. The zero-order valence-corrected chi connectivity index (χ0v) is 15.7. The van der Waals surface area contributed by atoms with Crippen LogP contribution in [0.2, 0.25) is 0 Å². The topological polar surface area (TPSA) is 48.5 Å². The molecule has 0 saturated carbocycles. The second-order valence-corrected chi connectivity index (χ2v) is 6.94. The van der Waals surface area contributed by atoms with E-state index in [1.54, 1.807) is 0 Å². The summed E-state index contributed by atoms with van der Waals surface area (Å²) in [5.74, 6) is 1.25. The molecule has 1 amide bonds. The molecule has 0 bridgehead atoms. The van der Waals surface area contributed by atoms with E-state index in [0.717, 1.165) is 50.5 Å². The highest BCUT2D eigenvalue weighted by Crippen LogP contribution is 2.21. The largest absolute Gasteiger partial charge is 0.360 e. The van der Waals surface area contributed by atoms with Gasteiger partial charge in [0.05, 0.1) is 0 Å². The van der Waals surface area contributed by atoms with Crippen LogP contribution in [0.3, 0.4) is 0 Å². The Hall–Kier alpha value is -2.40. The van der Waals surface area contributed by atoms with Crippen molar-refractivity contribution in [1.29, 1.82) is 0 Å². The van der Waals surface area contributed by atoms with Crippen LogP contribution >= 0.6 is 0 Å². The summed E-state index contributed by atoms with van der Waals surface area (Å²) in [7, 11) is 2.05. The smallest absolute Gasteiger partial charge is 0.227 e. The maximum atomic E-state index is 12.4. The minimum absolute atomic E-state index is 0.102. The van der Waals surface area contributed by atoms with Gasteiger partial charge in [0, 0.05) is 37.9 Å². The zero-order chi connectivity index (χ0) is 18.4. The normalized spacial score (nSPS) is 15.6. The Morgan fingerprint density at radius 2 is 1.92 bits per heavy atom. The van der Waals surface area contributed by atoms with Gasteiger partial charge in [-0.25, -0.2) is 4.98 Å². The Kier molecular flexibility index (Phi) is 6.23. The van der Waals surface area contributed by atoms with Crippen LogP contribution in [0.5, 0.6) is 0 Å². The molecule has 1 aliphatic rings. The van der Waals surface area contributed by atoms with Crippen molar-refractivity contribution in [2.24, 2.45) is 5.92 Å². The Morgan fingerprint density at radius 1 is 1.19 bits per heavy atom. The van der Waals surface area contributed by atoms with E-state index in [2.05, 4.69) is 39.2 Å². The molecule has 2 heterocycles. The maximum absolute atomic E-state index is 12.4. The summed E-state index contributed by atoms with van der Waals surface area (Å²) in [6.45, 7) is 5.86. The van der Waals surface area contributed by atoms with Crippen molar-refractivity contribution >= 4 is 17.4 Å². The number of aromatic nitrogens is 1. The van der Waals surface area contributed by atoms with Crippen molar-refractivity contribution in [2.45, 2.75) is 26.3 Å². The molecule has 138 valence electrons. The summed E-state index contributed by atoms with van der Waals surface area (Å²) in [6, 6.07) is 13.9. The first kappa shape index (κ1) is 18.4. The van der Waals surface area contributed by atoms with E-state index in [9.17, 15) is 4.79 Å². The molecule has 1 aromatic heterocycles. The number of nitrogens with zero attached hydrogens (tertiary/aromatic N) is 3. The lowest BCUT2D eigenvalue weighted by atomic mass is 9.95. The summed E-state index contributed by atoms with van der Waals surface area (Å²) in [4.78, 5) is 21.5. The maximum Gasteiger partial charge on any atom is 0.227 e. The van der Waals surface area contributed by atoms with Crippen molar-refractivity contribution < 1.29 is 4.79 Å². The minimum Gasteiger partial charge on any atom is -0.360 e. The third-order valence-corrected chi connectivity index (χ3v) is 5.08. The summed E-state index contributed by atoms with van der Waals surface area (Å²) in [5.41, 5.74) is 2.11. The van der Waals surface area contributed by atoms with Gasteiger partial charge in [-0.05, 0) is 56.6 Å². The van der Waals surface area contributed by atoms with Crippen LogP contribution in [-0.4, -0.2) is 42.5 Å². The number of rotatable bonds is 6. The quantitative estimate of drug-likeness (QED) is 0.866. The predicted molar refractivity (Wildman–Crippen MR) is 106 cm³/mol. The van der Waals surface area contributed by atoms with Gasteiger partial charge in [-0.15, -0.1) is 0 Å². The van der Waals surface area contributed by atoms with Crippen molar-refractivity contribution in [3.63, 3.8) is 0 Å². The first-order valence-electron chi connectivity index (χ1n) is 9.40. The first-order chi connectivity index (χ1) is 12.7. The standard InChI is InChI=1S/C21H28N4O/c1-3-24(2)20-10-9-17(15-22-20)16-25-13-11-18(12-14-25)21(26)23-19-7-5-4-6-8-19/h4-10,15,18H,3,11-14,16H2,1-2H3,(H,23,26). The number of piperidine rings is 1. The number of benzene rings is 1. The molecule has 3 rings (SSSR count). The number of carbonyl (C=O) groups is 1. The fourth-order valence-corrected chi connectivity index (χ4v) is 3.28. The number of hydrogen-bond acceptors (Lipinski definition) is 4. The summed E-state index contributed by atoms with van der Waals surface area (Å²) in [5, 5.41) is 3.03. The lowest BCUT2D eigenvalue weighted by molar-refractivity contribution is -0.121. The lowest BCUT2D eigenvalue weighted by Crippen LogP contribution is -2.37. The van der Waals surface area contributed by atoms with E-state index >= 15 is 0 Å². The molecule has 26 heavy (non-hydrogen) atoms. The molecule has 2 aromatic rings. The molecular formula is C21H28N4O. The van der Waals surface area contributed by atoms with Crippen LogP contribution in [-0.2, 0) is 11.3 Å². The Labute approximate surface area is 156 Å². The summed E-state index contributed by atoms with van der Waals surface area (Å²) in [6.07, 6.45) is 3.78. The van der Waals surface area contributed by atoms with Gasteiger partial charge < -0.3 is 10.2 Å². The fourth-order valence-electron chi connectivity index (χ4n) is 3.28. The number of pyridine rings is 1. The molecule has 1 aromatic carbocycles. The van der Waals surface area contributed by atoms with E-state index in [1.807, 2.05) is 43.6 Å². The van der Waals surface area contributed by atoms with Crippen LogP contribution < -0.4 is 10.2 Å². The number of amides is 1. The van der Waals surface area contributed by atoms with E-state index in [1.165, 1.54) is 5.56 Å². The second kappa shape index (κ2) is 8.81. The average molecular weight is 352 g/mol. The molecule has 5 heteroatoms. The molecule has 0 unspecified atom stereocenters. The van der Waals surface area contributed by atoms with Crippen LogP contribution in [0.4, 0.5) is 11.5 Å². The molecule has 0 atom stereocenters. The Balaban J connectivity index is 1.47. The van der Waals surface area contributed by atoms with Crippen LogP contribution in [0.15, 0.2) is 48.7 Å². The third-order valence-electron chi connectivity index (χ3n) is 5.08. The molecule has 1 aliphatic heterocycles. The van der Waals surface area contributed by atoms with Crippen molar-refractivity contribution in [1.82, 2.24) is 9.88 Å². The molecule has 0 spiro atoms. The third kappa shape index (κ3) is 4.82. The lowest BCUT2D eigenvalue weighted by Gasteiger charge is -2.31. The van der Waals surface area contributed by atoms with Gasteiger partial charge in [0.25, 0.3) is 0 Å². The van der Waals surface area contributed by atoms with Crippen LogP contribution in [0.25, 0.3) is 0 Å². The number of likely N-dealkylation sites (tertiary alicyclic amines) is 1. The van der Waals surface area contributed by atoms with Crippen molar-refractivity contribution in [3.8, 4) is 0 Å². The van der Waals surface area contributed by atoms with Gasteiger partial charge in [0.15, 0.2) is 0 Å². The number of nitrogens with one attached hydrogen (secondary N) is 1. The molecule has 5 nitrogen and oxygen atoms in total. The highest BCUT2D eigenvalue weighted by Gasteiger charge is 2.25. The second-order valence-electron chi connectivity index (χ2n) is 6.94. The van der Waals surface area contributed by atoms with Gasteiger partial charge in [-0.1, -0.05) is 24.3 Å². The number of hydrogen-bond donors (Lipinski definition) is 1. The van der Waals surface area contributed by atoms with Gasteiger partial charge in [0.1, 0.15) is 5.82 Å². The Morgan fingerprint density at radius 3 is 2.54 bits per heavy atom. The van der Waals surface area contributed by atoms with E-state index in [0.29, 0.717) is 0 Å². The van der Waals surface area contributed by atoms with Crippen LogP contribution in [0, 0.1) is 5.92 Å². The Bertz CT molecular complexity index is 694. The van der Waals surface area contributed by atoms with E-state index in [-0.39, 0.29) is 11.8 Å². The minimum atomic E-state index is 0.102. The van der Waals surface area contributed by atoms with Gasteiger partial charge in [-0.2, -0.15) is 0 Å². The monoisotopic (exact) mass is 352 g/mol. The summed E-state index contributed by atoms with van der Waals surface area (Å²) >= 11 is 0. The fraction of sp³-hybridized carbons (Fsp3) is 0.429. The number of para-hydroxylation sites is 1. The average Bonchev–Trinajstić information content (AvgIpc) is 2.69. The van der Waals surface area contributed by atoms with Crippen LogP contribution in [0.1, 0.15) is 25.3 Å². The highest BCUT2D eigenvalue weighted by molar-refractivity contribution is 5.92. The molecule has 0 radical (unpaired) electrons. The molecule has 1 N–H and O–H groups in total. The van der Waals surface area contributed by atoms with Gasteiger partial charge in [0.2, 0.25) is 5.91 Å². The first-order valence-corrected chi connectivity index (χ1v) is 9.40. The number of carbonyl (C=O) groups excluding carboxylic acids is 1. The molecule has 1 fully saturated rings. The van der Waals surface area contributed by atoms with Gasteiger partial charge >= 0.3 is 0 Å². The van der Waals surface area contributed by atoms with Gasteiger partial charge in [-0.3, -0.25) is 9.69 Å². The molecule has 1 saturated heterocycles. The highest BCUT2D eigenvalue weighted by atomic mass is 16.1. The SMILES string of the molecule is CCN(C)c1ccc(CN2CCC(C(=O)Nc3ccccc3)CC2)cn1. The predicted octanol–water partition coefficient (Wildman–Crippen LogP) is 3.39. The van der Waals surface area contributed by atoms with Crippen molar-refractivity contribution in [2.75, 3.05) is 36.9 Å². The van der Waals surface area contributed by atoms with E-state index < -0.39 is 0 Å².